The molecule has 0 saturated carbocycles. The molecule has 0 unspecified atom stereocenters. The van der Waals surface area contributed by atoms with E-state index in [1.807, 2.05) is 13.8 Å². The van der Waals surface area contributed by atoms with Crippen molar-refractivity contribution in [3.8, 4) is 0 Å². The standard InChI is InChI=1S/C14H19N5O2/c1-8(2)7-11(14(21)15-3)16-13(20)9-5-4-6-10-12(9)18-19-17-10/h4-6,8,11H,7H2,1-3H3,(H,15,21)(H,16,20)(H,17,18,19)/t11-/m0/s1. The minimum atomic E-state index is -0.565. The van der Waals surface area contributed by atoms with E-state index in [4.69, 9.17) is 0 Å². The van der Waals surface area contributed by atoms with E-state index in [2.05, 4.69) is 26.0 Å². The fourth-order valence-corrected chi connectivity index (χ4v) is 2.16. The molecule has 0 radical (unpaired) electrons. The van der Waals surface area contributed by atoms with Crippen molar-refractivity contribution in [2.75, 3.05) is 7.05 Å². The highest BCUT2D eigenvalue weighted by molar-refractivity contribution is 6.05. The highest BCUT2D eigenvalue weighted by Gasteiger charge is 2.22. The lowest BCUT2D eigenvalue weighted by Crippen LogP contribution is -2.46. The Bertz CT molecular complexity index is 650. The van der Waals surface area contributed by atoms with Crippen LogP contribution in [0.3, 0.4) is 0 Å². The topological polar surface area (TPSA) is 99.8 Å². The van der Waals surface area contributed by atoms with Crippen molar-refractivity contribution in [3.63, 3.8) is 0 Å². The number of hydrogen-bond donors (Lipinski definition) is 3. The summed E-state index contributed by atoms with van der Waals surface area (Å²) in [7, 11) is 1.56. The largest absolute Gasteiger partial charge is 0.357 e. The molecule has 1 aromatic carbocycles. The van der Waals surface area contributed by atoms with Gasteiger partial charge in [0.15, 0.2) is 0 Å². The number of hydrogen-bond acceptors (Lipinski definition) is 4. The van der Waals surface area contributed by atoms with Gasteiger partial charge in [0, 0.05) is 7.05 Å². The molecule has 0 aliphatic heterocycles. The molecule has 7 nitrogen and oxygen atoms in total. The number of benzene rings is 1. The summed E-state index contributed by atoms with van der Waals surface area (Å²) in [5.74, 6) is -0.247. The van der Waals surface area contributed by atoms with Crippen LogP contribution in [0.2, 0.25) is 0 Å². The van der Waals surface area contributed by atoms with E-state index in [0.717, 1.165) is 0 Å². The molecule has 0 fully saturated rings. The number of fused-ring (bicyclic) bond motifs is 1. The minimum Gasteiger partial charge on any atom is -0.357 e. The van der Waals surface area contributed by atoms with Gasteiger partial charge >= 0.3 is 0 Å². The van der Waals surface area contributed by atoms with Crippen LogP contribution in [0.4, 0.5) is 0 Å². The number of carbonyl (C=O) groups excluding carboxylic acids is 2. The first-order valence-electron chi connectivity index (χ1n) is 6.85. The SMILES string of the molecule is CNC(=O)[C@H](CC(C)C)NC(=O)c1cccc2n[nH]nc12. The second-order valence-corrected chi connectivity index (χ2v) is 5.27. The van der Waals surface area contributed by atoms with Crippen LogP contribution in [0.15, 0.2) is 18.2 Å². The maximum atomic E-state index is 12.4. The summed E-state index contributed by atoms with van der Waals surface area (Å²) in [6.07, 6.45) is 0.570. The Morgan fingerprint density at radius 2 is 2.05 bits per heavy atom. The van der Waals surface area contributed by atoms with Crippen LogP contribution >= 0.6 is 0 Å². The quantitative estimate of drug-likeness (QED) is 0.759. The van der Waals surface area contributed by atoms with Gasteiger partial charge in [-0.1, -0.05) is 19.9 Å². The molecular weight excluding hydrogens is 270 g/mol. The first-order valence-corrected chi connectivity index (χ1v) is 6.85. The van der Waals surface area contributed by atoms with Crippen molar-refractivity contribution in [1.82, 2.24) is 26.0 Å². The molecule has 1 atom stereocenters. The van der Waals surface area contributed by atoms with E-state index in [9.17, 15) is 9.59 Å². The molecule has 0 saturated heterocycles. The van der Waals surface area contributed by atoms with Gasteiger partial charge in [-0.25, -0.2) is 0 Å². The zero-order valence-electron chi connectivity index (χ0n) is 12.3. The van der Waals surface area contributed by atoms with Gasteiger partial charge in [-0.3, -0.25) is 9.59 Å². The van der Waals surface area contributed by atoms with E-state index < -0.39 is 6.04 Å². The van der Waals surface area contributed by atoms with E-state index in [-0.39, 0.29) is 17.7 Å². The average molecular weight is 289 g/mol. The van der Waals surface area contributed by atoms with Gasteiger partial charge in [-0.05, 0) is 24.5 Å². The molecule has 3 N–H and O–H groups in total. The van der Waals surface area contributed by atoms with Crippen LogP contribution in [0.25, 0.3) is 11.0 Å². The summed E-state index contributed by atoms with van der Waals surface area (Å²) >= 11 is 0. The molecule has 2 aromatic rings. The maximum absolute atomic E-state index is 12.4. The van der Waals surface area contributed by atoms with Gasteiger partial charge in [-0.2, -0.15) is 15.4 Å². The van der Waals surface area contributed by atoms with E-state index in [1.54, 1.807) is 25.2 Å². The summed E-state index contributed by atoms with van der Waals surface area (Å²) in [4.78, 5) is 24.3. The van der Waals surface area contributed by atoms with Crippen molar-refractivity contribution < 1.29 is 9.59 Å². The Morgan fingerprint density at radius 3 is 2.71 bits per heavy atom. The van der Waals surface area contributed by atoms with Crippen molar-refractivity contribution >= 4 is 22.8 Å². The van der Waals surface area contributed by atoms with Crippen LogP contribution in [0, 0.1) is 5.92 Å². The molecule has 2 amide bonds. The number of aromatic amines is 1. The zero-order valence-corrected chi connectivity index (χ0v) is 12.3. The second kappa shape index (κ2) is 6.34. The van der Waals surface area contributed by atoms with Gasteiger partial charge in [-0.15, -0.1) is 0 Å². The molecular formula is C14H19N5O2. The number of amides is 2. The van der Waals surface area contributed by atoms with Crippen LogP contribution in [0.5, 0.6) is 0 Å². The predicted octanol–water partition coefficient (Wildman–Crippen LogP) is 0.848. The van der Waals surface area contributed by atoms with Crippen LogP contribution in [0.1, 0.15) is 30.6 Å². The Hall–Kier alpha value is -2.44. The van der Waals surface area contributed by atoms with Crippen molar-refractivity contribution in [1.29, 1.82) is 0 Å². The first kappa shape index (κ1) is 15.0. The van der Waals surface area contributed by atoms with Gasteiger partial charge in [0.05, 0.1) is 5.56 Å². The van der Waals surface area contributed by atoms with Crippen molar-refractivity contribution in [2.45, 2.75) is 26.3 Å². The number of rotatable bonds is 5. The Balaban J connectivity index is 2.22. The lowest BCUT2D eigenvalue weighted by Gasteiger charge is -2.19. The van der Waals surface area contributed by atoms with E-state index >= 15 is 0 Å². The number of H-pyrrole nitrogens is 1. The number of aromatic nitrogens is 3. The van der Waals surface area contributed by atoms with Gasteiger partial charge in [0.25, 0.3) is 5.91 Å². The number of para-hydroxylation sites is 1. The minimum absolute atomic E-state index is 0.204. The first-order chi connectivity index (χ1) is 10.0. The normalized spacial score (nSPS) is 12.4. The highest BCUT2D eigenvalue weighted by Crippen LogP contribution is 2.14. The van der Waals surface area contributed by atoms with Crippen LogP contribution < -0.4 is 10.6 Å². The molecule has 1 aromatic heterocycles. The van der Waals surface area contributed by atoms with Gasteiger partial charge in [0.2, 0.25) is 5.91 Å². The molecule has 1 heterocycles. The fourth-order valence-electron chi connectivity index (χ4n) is 2.16. The third-order valence-corrected chi connectivity index (χ3v) is 3.17. The number of nitrogens with zero attached hydrogens (tertiary/aromatic N) is 2. The number of nitrogens with one attached hydrogen (secondary N) is 3. The Kier molecular flexibility index (Phi) is 4.52. The van der Waals surface area contributed by atoms with Crippen LogP contribution in [-0.4, -0.2) is 40.3 Å². The number of carbonyl (C=O) groups is 2. The third-order valence-electron chi connectivity index (χ3n) is 3.17. The molecule has 0 aliphatic carbocycles. The molecule has 0 aliphatic rings. The van der Waals surface area contributed by atoms with E-state index in [0.29, 0.717) is 23.0 Å². The molecule has 21 heavy (non-hydrogen) atoms. The lowest BCUT2D eigenvalue weighted by atomic mass is 10.0. The molecule has 0 spiro atoms. The van der Waals surface area contributed by atoms with E-state index in [1.165, 1.54) is 0 Å². The number of likely N-dealkylation sites (N-methyl/N-ethyl adjacent to an activating group) is 1. The van der Waals surface area contributed by atoms with Crippen molar-refractivity contribution in [2.24, 2.45) is 5.92 Å². The molecule has 7 heteroatoms. The maximum Gasteiger partial charge on any atom is 0.254 e. The summed E-state index contributed by atoms with van der Waals surface area (Å²) in [5, 5.41) is 15.8. The third kappa shape index (κ3) is 3.36. The lowest BCUT2D eigenvalue weighted by molar-refractivity contribution is -0.122. The molecule has 112 valence electrons. The fraction of sp³-hybridized carbons (Fsp3) is 0.429. The smallest absolute Gasteiger partial charge is 0.254 e. The molecule has 0 bridgehead atoms. The molecule has 2 rings (SSSR count). The highest BCUT2D eigenvalue weighted by atomic mass is 16.2. The zero-order chi connectivity index (χ0) is 15.4. The summed E-state index contributed by atoms with van der Waals surface area (Å²) < 4.78 is 0. The average Bonchev–Trinajstić information content (AvgIpc) is 2.93. The van der Waals surface area contributed by atoms with Gasteiger partial charge < -0.3 is 10.6 Å². The predicted molar refractivity (Wildman–Crippen MR) is 78.7 cm³/mol. The summed E-state index contributed by atoms with van der Waals surface area (Å²) in [5.41, 5.74) is 1.51. The summed E-state index contributed by atoms with van der Waals surface area (Å²) in [6.45, 7) is 4.00. The van der Waals surface area contributed by atoms with Gasteiger partial charge in [0.1, 0.15) is 17.1 Å². The second-order valence-electron chi connectivity index (χ2n) is 5.27. The van der Waals surface area contributed by atoms with Crippen LogP contribution in [-0.2, 0) is 4.79 Å². The Labute approximate surface area is 122 Å². The Morgan fingerprint density at radius 1 is 1.29 bits per heavy atom. The monoisotopic (exact) mass is 289 g/mol. The summed E-state index contributed by atoms with van der Waals surface area (Å²) in [6, 6.07) is 4.60. The van der Waals surface area contributed by atoms with Crippen molar-refractivity contribution in [3.05, 3.63) is 23.8 Å².